The van der Waals surface area contributed by atoms with Crippen molar-refractivity contribution in [3.63, 3.8) is 0 Å². The molecule has 1 saturated heterocycles. The van der Waals surface area contributed by atoms with E-state index in [1.165, 1.54) is 0 Å². The number of benzene rings is 1. The number of amides is 2. The number of ether oxygens (including phenoxy) is 1. The first kappa shape index (κ1) is 18.1. The van der Waals surface area contributed by atoms with E-state index in [-0.39, 0.29) is 23.2 Å². The Morgan fingerprint density at radius 3 is 2.52 bits per heavy atom. The summed E-state index contributed by atoms with van der Waals surface area (Å²) in [5.41, 5.74) is 0.598. The summed E-state index contributed by atoms with van der Waals surface area (Å²) in [5.74, 6) is 1.76. The lowest BCUT2D eigenvalue weighted by atomic mass is 10.1. The average molecular weight is 362 g/mol. The molecule has 2 fully saturated rings. The highest BCUT2D eigenvalue weighted by atomic mass is 32.2. The number of hydrogen-bond acceptors (Lipinski definition) is 4. The monoisotopic (exact) mass is 362 g/mol. The van der Waals surface area contributed by atoms with Crippen LogP contribution in [0, 0.1) is 5.92 Å². The Hall–Kier alpha value is -1.69. The molecule has 0 radical (unpaired) electrons. The van der Waals surface area contributed by atoms with E-state index in [9.17, 15) is 9.59 Å². The van der Waals surface area contributed by atoms with E-state index in [0.717, 1.165) is 19.3 Å². The molecule has 0 bridgehead atoms. The van der Waals surface area contributed by atoms with Crippen molar-refractivity contribution in [1.82, 2.24) is 10.2 Å². The highest BCUT2D eigenvalue weighted by Gasteiger charge is 2.43. The summed E-state index contributed by atoms with van der Waals surface area (Å²) in [5, 5.41) is 3.10. The number of nitrogens with one attached hydrogen (secondary N) is 1. The maximum Gasteiger partial charge on any atom is 0.255 e. The van der Waals surface area contributed by atoms with Crippen molar-refractivity contribution >= 4 is 23.6 Å². The molecule has 5 nitrogen and oxygen atoms in total. The van der Waals surface area contributed by atoms with Gasteiger partial charge >= 0.3 is 0 Å². The number of nitrogens with zero attached hydrogens (tertiary/aromatic N) is 1. The van der Waals surface area contributed by atoms with Crippen molar-refractivity contribution in [3.05, 3.63) is 29.8 Å². The normalized spacial score (nSPS) is 23.0. The van der Waals surface area contributed by atoms with Gasteiger partial charge < -0.3 is 15.0 Å². The maximum atomic E-state index is 13.1. The van der Waals surface area contributed by atoms with Gasteiger partial charge in [-0.2, -0.15) is 0 Å². The highest BCUT2D eigenvalue weighted by Crippen LogP contribution is 2.35. The molecule has 3 rings (SSSR count). The molecular weight excluding hydrogens is 336 g/mol. The molecule has 2 aliphatic rings. The third-order valence-corrected chi connectivity index (χ3v) is 5.88. The van der Waals surface area contributed by atoms with Gasteiger partial charge in [0.1, 0.15) is 11.8 Å². The minimum absolute atomic E-state index is 0.0110. The van der Waals surface area contributed by atoms with Crippen LogP contribution in [0.25, 0.3) is 0 Å². The second kappa shape index (κ2) is 7.68. The minimum atomic E-state index is -0.385. The molecule has 136 valence electrons. The Bertz CT molecular complexity index is 628. The molecule has 1 heterocycles. The number of thioether (sulfide) groups is 1. The van der Waals surface area contributed by atoms with Gasteiger partial charge in [0.2, 0.25) is 5.91 Å². The number of methoxy groups -OCH3 is 1. The van der Waals surface area contributed by atoms with E-state index in [2.05, 4.69) is 19.2 Å². The molecule has 1 aromatic carbocycles. The molecule has 1 N–H and O–H groups in total. The van der Waals surface area contributed by atoms with E-state index < -0.39 is 0 Å². The van der Waals surface area contributed by atoms with Gasteiger partial charge in [-0.05, 0) is 49.4 Å². The van der Waals surface area contributed by atoms with Gasteiger partial charge in [0, 0.05) is 17.4 Å². The second-order valence-electron chi connectivity index (χ2n) is 7.16. The highest BCUT2D eigenvalue weighted by molar-refractivity contribution is 8.00. The molecule has 0 aromatic heterocycles. The Morgan fingerprint density at radius 2 is 1.96 bits per heavy atom. The zero-order valence-corrected chi connectivity index (χ0v) is 15.8. The largest absolute Gasteiger partial charge is 0.497 e. The van der Waals surface area contributed by atoms with Crippen molar-refractivity contribution in [2.75, 3.05) is 12.9 Å². The standard InChI is InChI=1S/C19H26N2O3S/c1-12(2)10-17-21(16(11-25-17)18(22)20-14-6-7-14)19(23)13-4-8-15(24-3)9-5-13/h4-5,8-9,12,14,16-17H,6-7,10-11H2,1-3H3,(H,20,22). The van der Waals surface area contributed by atoms with Gasteiger partial charge in [0.25, 0.3) is 5.91 Å². The van der Waals surface area contributed by atoms with Crippen molar-refractivity contribution in [2.45, 2.75) is 50.6 Å². The van der Waals surface area contributed by atoms with Crippen LogP contribution in [0.4, 0.5) is 0 Å². The fourth-order valence-corrected chi connectivity index (χ4v) is 4.67. The summed E-state index contributed by atoms with van der Waals surface area (Å²) in [6.07, 6.45) is 2.99. The quantitative estimate of drug-likeness (QED) is 0.845. The number of carbonyl (C=O) groups is 2. The lowest BCUT2D eigenvalue weighted by Crippen LogP contribution is -2.50. The zero-order valence-electron chi connectivity index (χ0n) is 15.0. The molecule has 1 aromatic rings. The van der Waals surface area contributed by atoms with Crippen molar-refractivity contribution in [3.8, 4) is 5.75 Å². The average Bonchev–Trinajstić information content (AvgIpc) is 3.31. The third kappa shape index (κ3) is 4.29. The van der Waals surface area contributed by atoms with Crippen LogP contribution in [0.15, 0.2) is 24.3 Å². The van der Waals surface area contributed by atoms with Crippen LogP contribution in [0.5, 0.6) is 5.75 Å². The first-order valence-corrected chi connectivity index (χ1v) is 9.93. The van der Waals surface area contributed by atoms with E-state index in [1.54, 1.807) is 48.0 Å². The van der Waals surface area contributed by atoms with Crippen molar-refractivity contribution in [2.24, 2.45) is 5.92 Å². The number of hydrogen-bond donors (Lipinski definition) is 1. The Morgan fingerprint density at radius 1 is 1.28 bits per heavy atom. The molecule has 25 heavy (non-hydrogen) atoms. The van der Waals surface area contributed by atoms with Gasteiger partial charge in [-0.1, -0.05) is 13.8 Å². The third-order valence-electron chi connectivity index (χ3n) is 4.56. The first-order valence-electron chi connectivity index (χ1n) is 8.88. The van der Waals surface area contributed by atoms with Crippen molar-refractivity contribution in [1.29, 1.82) is 0 Å². The molecular formula is C19H26N2O3S. The van der Waals surface area contributed by atoms with Gasteiger partial charge in [-0.25, -0.2) is 0 Å². The Kier molecular flexibility index (Phi) is 5.57. The predicted octanol–water partition coefficient (Wildman–Crippen LogP) is 2.90. The van der Waals surface area contributed by atoms with Gasteiger partial charge in [-0.15, -0.1) is 11.8 Å². The number of carbonyl (C=O) groups excluding carboxylic acids is 2. The summed E-state index contributed by atoms with van der Waals surface area (Å²) in [6, 6.07) is 7.03. The molecule has 2 amide bonds. The van der Waals surface area contributed by atoms with Gasteiger partial charge in [-0.3, -0.25) is 9.59 Å². The van der Waals surface area contributed by atoms with E-state index >= 15 is 0 Å². The van der Waals surface area contributed by atoms with Crippen LogP contribution >= 0.6 is 11.8 Å². The number of rotatable bonds is 6. The van der Waals surface area contributed by atoms with E-state index in [0.29, 0.717) is 29.0 Å². The SMILES string of the molecule is COc1ccc(C(=O)N2C(CC(C)C)SCC2C(=O)NC2CC2)cc1. The van der Waals surface area contributed by atoms with Crippen LogP contribution in [0.1, 0.15) is 43.5 Å². The minimum Gasteiger partial charge on any atom is -0.497 e. The van der Waals surface area contributed by atoms with Crippen molar-refractivity contribution < 1.29 is 14.3 Å². The zero-order chi connectivity index (χ0) is 18.0. The fraction of sp³-hybridized carbons (Fsp3) is 0.579. The molecule has 2 unspecified atom stereocenters. The summed E-state index contributed by atoms with van der Waals surface area (Å²) in [7, 11) is 1.60. The summed E-state index contributed by atoms with van der Waals surface area (Å²) < 4.78 is 5.17. The summed E-state index contributed by atoms with van der Waals surface area (Å²) in [6.45, 7) is 4.29. The van der Waals surface area contributed by atoms with Crippen LogP contribution in [-0.4, -0.2) is 47.0 Å². The van der Waals surface area contributed by atoms with Gasteiger partial charge in [0.15, 0.2) is 0 Å². The van der Waals surface area contributed by atoms with E-state index in [1.807, 2.05) is 0 Å². The van der Waals surface area contributed by atoms with E-state index in [4.69, 9.17) is 4.74 Å². The second-order valence-corrected chi connectivity index (χ2v) is 8.37. The predicted molar refractivity (Wildman–Crippen MR) is 99.8 cm³/mol. The molecule has 1 aliphatic carbocycles. The van der Waals surface area contributed by atoms with Crippen LogP contribution in [-0.2, 0) is 4.79 Å². The van der Waals surface area contributed by atoms with Crippen LogP contribution < -0.4 is 10.1 Å². The fourth-order valence-electron chi connectivity index (χ4n) is 3.03. The van der Waals surface area contributed by atoms with Gasteiger partial charge in [0.05, 0.1) is 12.5 Å². The van der Waals surface area contributed by atoms with Crippen LogP contribution in [0.3, 0.4) is 0 Å². The first-order chi connectivity index (χ1) is 12.0. The maximum absolute atomic E-state index is 13.1. The topological polar surface area (TPSA) is 58.6 Å². The molecule has 0 spiro atoms. The lowest BCUT2D eigenvalue weighted by Gasteiger charge is -2.30. The molecule has 1 aliphatic heterocycles. The Balaban J connectivity index is 1.80. The summed E-state index contributed by atoms with van der Waals surface area (Å²) >= 11 is 1.71. The smallest absolute Gasteiger partial charge is 0.255 e. The van der Waals surface area contributed by atoms with Crippen LogP contribution in [0.2, 0.25) is 0 Å². The Labute approximate surface area is 153 Å². The molecule has 6 heteroatoms. The molecule has 2 atom stereocenters. The summed E-state index contributed by atoms with van der Waals surface area (Å²) in [4.78, 5) is 27.6. The lowest BCUT2D eigenvalue weighted by molar-refractivity contribution is -0.125. The molecule has 1 saturated carbocycles.